The quantitative estimate of drug-likeness (QED) is 0.740. The highest BCUT2D eigenvalue weighted by Crippen LogP contribution is 2.21. The van der Waals surface area contributed by atoms with Crippen LogP contribution in [0.2, 0.25) is 0 Å². The predicted molar refractivity (Wildman–Crippen MR) is 70.5 cm³/mol. The van der Waals surface area contributed by atoms with E-state index in [9.17, 15) is 0 Å². The minimum Gasteiger partial charge on any atom is -0.496 e. The Balaban J connectivity index is 2.57. The Labute approximate surface area is 104 Å². The summed E-state index contributed by atoms with van der Waals surface area (Å²) in [4.78, 5) is 0. The van der Waals surface area contributed by atoms with Gasteiger partial charge in [0.2, 0.25) is 0 Å². The summed E-state index contributed by atoms with van der Waals surface area (Å²) in [6.45, 7) is 2.86. The lowest BCUT2D eigenvalue weighted by atomic mass is 10.0. The molecular formula is C14H23NO2. The summed E-state index contributed by atoms with van der Waals surface area (Å²) in [5, 5.41) is 0. The molecule has 1 aromatic carbocycles. The number of methoxy groups -OCH3 is 2. The van der Waals surface area contributed by atoms with E-state index in [1.54, 1.807) is 14.2 Å². The van der Waals surface area contributed by atoms with Gasteiger partial charge in [0, 0.05) is 19.8 Å². The van der Waals surface area contributed by atoms with E-state index < -0.39 is 0 Å². The maximum absolute atomic E-state index is 6.11. The molecule has 0 bridgehead atoms. The Morgan fingerprint density at radius 3 is 2.71 bits per heavy atom. The average molecular weight is 237 g/mol. The molecule has 0 aromatic heterocycles. The van der Waals surface area contributed by atoms with Crippen LogP contribution in [0.5, 0.6) is 5.75 Å². The highest BCUT2D eigenvalue weighted by Gasteiger charge is 2.08. The first-order valence-electron chi connectivity index (χ1n) is 6.05. The first kappa shape index (κ1) is 14.0. The van der Waals surface area contributed by atoms with Crippen molar-refractivity contribution in [3.05, 3.63) is 29.3 Å². The smallest absolute Gasteiger partial charge is 0.122 e. The molecule has 1 atom stereocenters. The van der Waals surface area contributed by atoms with Gasteiger partial charge in [-0.1, -0.05) is 17.7 Å². The summed E-state index contributed by atoms with van der Waals surface area (Å²) in [5.74, 6) is 0.929. The van der Waals surface area contributed by atoms with Gasteiger partial charge in [-0.05, 0) is 37.8 Å². The molecule has 0 fully saturated rings. The molecule has 17 heavy (non-hydrogen) atoms. The van der Waals surface area contributed by atoms with Gasteiger partial charge in [-0.15, -0.1) is 0 Å². The predicted octanol–water partition coefficient (Wildman–Crippen LogP) is 2.30. The number of hydrogen-bond acceptors (Lipinski definition) is 3. The van der Waals surface area contributed by atoms with E-state index in [1.165, 1.54) is 11.1 Å². The van der Waals surface area contributed by atoms with E-state index in [0.29, 0.717) is 0 Å². The minimum atomic E-state index is 0.167. The van der Waals surface area contributed by atoms with Gasteiger partial charge in [-0.3, -0.25) is 0 Å². The van der Waals surface area contributed by atoms with Crippen molar-refractivity contribution in [3.8, 4) is 5.75 Å². The van der Waals surface area contributed by atoms with E-state index in [4.69, 9.17) is 15.2 Å². The van der Waals surface area contributed by atoms with Crippen LogP contribution in [0.15, 0.2) is 18.2 Å². The van der Waals surface area contributed by atoms with Gasteiger partial charge < -0.3 is 15.2 Å². The van der Waals surface area contributed by atoms with E-state index in [2.05, 4.69) is 19.1 Å². The molecule has 3 nitrogen and oxygen atoms in total. The molecule has 0 aliphatic heterocycles. The molecule has 96 valence electrons. The molecule has 2 N–H and O–H groups in total. The van der Waals surface area contributed by atoms with Crippen molar-refractivity contribution in [2.75, 3.05) is 20.8 Å². The normalized spacial score (nSPS) is 12.5. The molecule has 0 aliphatic carbocycles. The third-order valence-corrected chi connectivity index (χ3v) is 2.84. The van der Waals surface area contributed by atoms with Gasteiger partial charge >= 0.3 is 0 Å². The zero-order valence-corrected chi connectivity index (χ0v) is 11.0. The summed E-state index contributed by atoms with van der Waals surface area (Å²) >= 11 is 0. The molecule has 0 radical (unpaired) electrons. The van der Waals surface area contributed by atoms with Gasteiger partial charge in [0.1, 0.15) is 5.75 Å². The number of aryl methyl sites for hydroxylation is 1. The minimum absolute atomic E-state index is 0.167. The zero-order valence-electron chi connectivity index (χ0n) is 11.0. The SMILES string of the molecule is COCCCC(N)Cc1cc(C)ccc1OC. The van der Waals surface area contributed by atoms with E-state index in [1.807, 2.05) is 6.07 Å². The molecule has 0 heterocycles. The summed E-state index contributed by atoms with van der Waals surface area (Å²) in [7, 11) is 3.42. The first-order chi connectivity index (χ1) is 8.17. The van der Waals surface area contributed by atoms with Crippen molar-refractivity contribution in [3.63, 3.8) is 0 Å². The van der Waals surface area contributed by atoms with E-state index in [0.717, 1.165) is 31.6 Å². The Morgan fingerprint density at radius 2 is 2.06 bits per heavy atom. The van der Waals surface area contributed by atoms with Crippen LogP contribution in [0, 0.1) is 6.92 Å². The second kappa shape index (κ2) is 7.30. The monoisotopic (exact) mass is 237 g/mol. The Kier molecular flexibility index (Phi) is 6.01. The fraction of sp³-hybridized carbons (Fsp3) is 0.571. The average Bonchev–Trinajstić information content (AvgIpc) is 2.29. The van der Waals surface area contributed by atoms with Crippen molar-refractivity contribution in [2.24, 2.45) is 5.73 Å². The van der Waals surface area contributed by atoms with Crippen LogP contribution >= 0.6 is 0 Å². The number of benzene rings is 1. The van der Waals surface area contributed by atoms with Crippen molar-refractivity contribution >= 4 is 0 Å². The van der Waals surface area contributed by atoms with E-state index >= 15 is 0 Å². The summed E-state index contributed by atoms with van der Waals surface area (Å²) < 4.78 is 10.4. The summed E-state index contributed by atoms with van der Waals surface area (Å²) in [6, 6.07) is 6.38. The van der Waals surface area contributed by atoms with Crippen molar-refractivity contribution in [2.45, 2.75) is 32.2 Å². The van der Waals surface area contributed by atoms with Crippen molar-refractivity contribution < 1.29 is 9.47 Å². The van der Waals surface area contributed by atoms with Crippen LogP contribution in [0.3, 0.4) is 0 Å². The molecule has 0 saturated carbocycles. The fourth-order valence-electron chi connectivity index (χ4n) is 1.94. The van der Waals surface area contributed by atoms with Gasteiger partial charge in [0.15, 0.2) is 0 Å². The number of nitrogens with two attached hydrogens (primary N) is 1. The molecule has 3 heteroatoms. The Bertz CT molecular complexity index is 339. The van der Waals surface area contributed by atoms with E-state index in [-0.39, 0.29) is 6.04 Å². The van der Waals surface area contributed by atoms with Crippen molar-refractivity contribution in [1.82, 2.24) is 0 Å². The number of rotatable bonds is 7. The van der Waals surface area contributed by atoms with Crippen LogP contribution in [-0.2, 0) is 11.2 Å². The largest absolute Gasteiger partial charge is 0.496 e. The lowest BCUT2D eigenvalue weighted by molar-refractivity contribution is 0.190. The third kappa shape index (κ3) is 4.75. The molecule has 1 unspecified atom stereocenters. The van der Waals surface area contributed by atoms with Crippen LogP contribution < -0.4 is 10.5 Å². The molecule has 0 spiro atoms. The Hall–Kier alpha value is -1.06. The number of hydrogen-bond donors (Lipinski definition) is 1. The topological polar surface area (TPSA) is 44.5 Å². The summed E-state index contributed by atoms with van der Waals surface area (Å²) in [5.41, 5.74) is 8.54. The molecule has 1 rings (SSSR count). The van der Waals surface area contributed by atoms with Gasteiger partial charge in [0.05, 0.1) is 7.11 Å². The zero-order chi connectivity index (χ0) is 12.7. The maximum Gasteiger partial charge on any atom is 0.122 e. The van der Waals surface area contributed by atoms with Crippen LogP contribution in [0.25, 0.3) is 0 Å². The molecular weight excluding hydrogens is 214 g/mol. The van der Waals surface area contributed by atoms with Crippen LogP contribution in [0.4, 0.5) is 0 Å². The van der Waals surface area contributed by atoms with Gasteiger partial charge in [-0.2, -0.15) is 0 Å². The second-order valence-electron chi connectivity index (χ2n) is 4.41. The lowest BCUT2D eigenvalue weighted by Gasteiger charge is -2.14. The fourth-order valence-corrected chi connectivity index (χ4v) is 1.94. The van der Waals surface area contributed by atoms with Crippen molar-refractivity contribution in [1.29, 1.82) is 0 Å². The Morgan fingerprint density at radius 1 is 1.29 bits per heavy atom. The van der Waals surface area contributed by atoms with Gasteiger partial charge in [0.25, 0.3) is 0 Å². The molecule has 0 amide bonds. The van der Waals surface area contributed by atoms with Crippen LogP contribution in [-0.4, -0.2) is 26.9 Å². The lowest BCUT2D eigenvalue weighted by Crippen LogP contribution is -2.23. The second-order valence-corrected chi connectivity index (χ2v) is 4.41. The third-order valence-electron chi connectivity index (χ3n) is 2.84. The highest BCUT2D eigenvalue weighted by atomic mass is 16.5. The van der Waals surface area contributed by atoms with Crippen LogP contribution in [0.1, 0.15) is 24.0 Å². The maximum atomic E-state index is 6.11. The molecule has 1 aromatic rings. The first-order valence-corrected chi connectivity index (χ1v) is 6.05. The molecule has 0 saturated heterocycles. The van der Waals surface area contributed by atoms with Gasteiger partial charge in [-0.25, -0.2) is 0 Å². The molecule has 0 aliphatic rings. The standard InChI is InChI=1S/C14H23NO2/c1-11-6-7-14(17-3)12(9-11)10-13(15)5-4-8-16-2/h6-7,9,13H,4-5,8,10,15H2,1-3H3. The summed E-state index contributed by atoms with van der Waals surface area (Å²) in [6.07, 6.45) is 2.84. The highest BCUT2D eigenvalue weighted by molar-refractivity contribution is 5.37. The number of ether oxygens (including phenoxy) is 2.